The lowest BCUT2D eigenvalue weighted by molar-refractivity contribution is -0.141. The Morgan fingerprint density at radius 2 is 1.64 bits per heavy atom. The molecule has 344 valence electrons. The SMILES string of the molecule is COc1ccc(C(=O)N2CCC3(CCN(CCCN4CCC(N/C=C5/C=C(NC(=O)c6cccc(C(F)(F)F)n6)C(C(C)(C)O)=CC5=N)CC4)CC3)CC2)cc1N1CCC(=O)NC1=O. The number of allylic oxidation sites excluding steroid dienone is 3. The van der Waals surface area contributed by atoms with Gasteiger partial charge in [0.05, 0.1) is 24.1 Å². The number of nitrogens with zero attached hydrogens (tertiary/aromatic N) is 5. The zero-order chi connectivity index (χ0) is 45.8. The molecule has 64 heavy (non-hydrogen) atoms. The van der Waals surface area contributed by atoms with Crippen LogP contribution in [0.3, 0.4) is 0 Å². The fourth-order valence-electron chi connectivity index (χ4n) is 9.25. The molecule has 7 rings (SSSR count). The lowest BCUT2D eigenvalue weighted by atomic mass is 9.71. The summed E-state index contributed by atoms with van der Waals surface area (Å²) in [7, 11) is 1.51. The van der Waals surface area contributed by atoms with E-state index >= 15 is 0 Å². The molecule has 0 radical (unpaired) electrons. The van der Waals surface area contributed by atoms with E-state index in [-0.39, 0.29) is 53.2 Å². The molecule has 1 aliphatic carbocycles. The second-order valence-electron chi connectivity index (χ2n) is 18.0. The first-order valence-corrected chi connectivity index (χ1v) is 22.0. The summed E-state index contributed by atoms with van der Waals surface area (Å²) >= 11 is 0. The highest BCUT2D eigenvalue weighted by atomic mass is 19.4. The number of likely N-dealkylation sites (tertiary alicyclic amines) is 3. The number of benzene rings is 1. The van der Waals surface area contributed by atoms with Crippen molar-refractivity contribution in [2.45, 2.75) is 83.0 Å². The van der Waals surface area contributed by atoms with Crippen LogP contribution in [0.2, 0.25) is 0 Å². The van der Waals surface area contributed by atoms with E-state index in [0.717, 1.165) is 96.3 Å². The number of urea groups is 1. The van der Waals surface area contributed by atoms with Gasteiger partial charge in [-0.3, -0.25) is 24.6 Å². The first-order chi connectivity index (χ1) is 30.4. The number of aliphatic hydroxyl groups is 1. The molecule has 0 unspecified atom stereocenters. The summed E-state index contributed by atoms with van der Waals surface area (Å²) in [6.45, 7) is 10.6. The molecule has 0 saturated carbocycles. The molecule has 5 amide bonds. The van der Waals surface area contributed by atoms with Crippen LogP contribution in [0.1, 0.15) is 91.8 Å². The molecule has 1 aromatic heterocycles. The highest BCUT2D eigenvalue weighted by molar-refractivity contribution is 6.11. The minimum absolute atomic E-state index is 0.0707. The second kappa shape index (κ2) is 19.3. The van der Waals surface area contributed by atoms with Crippen molar-refractivity contribution >= 4 is 35.2 Å². The van der Waals surface area contributed by atoms with Gasteiger partial charge in [0.2, 0.25) is 5.91 Å². The number of alkyl halides is 3. The number of carbonyl (C=O) groups is 4. The molecule has 4 saturated heterocycles. The van der Waals surface area contributed by atoms with Gasteiger partial charge in [-0.15, -0.1) is 0 Å². The molecular weight excluding hydrogens is 832 g/mol. The van der Waals surface area contributed by atoms with Gasteiger partial charge in [0, 0.05) is 73.8 Å². The van der Waals surface area contributed by atoms with Gasteiger partial charge in [0.1, 0.15) is 17.1 Å². The van der Waals surface area contributed by atoms with Crippen LogP contribution in [0.4, 0.5) is 23.7 Å². The first kappa shape index (κ1) is 46.4. The Hall–Kier alpha value is -5.59. The van der Waals surface area contributed by atoms with Gasteiger partial charge in [-0.1, -0.05) is 6.07 Å². The highest BCUT2D eigenvalue weighted by Crippen LogP contribution is 2.42. The summed E-state index contributed by atoms with van der Waals surface area (Å²) in [6.07, 6.45) is 7.19. The van der Waals surface area contributed by atoms with E-state index in [4.69, 9.17) is 10.1 Å². The lowest BCUT2D eigenvalue weighted by Crippen LogP contribution is -2.50. The van der Waals surface area contributed by atoms with Crippen LogP contribution >= 0.6 is 0 Å². The summed E-state index contributed by atoms with van der Waals surface area (Å²) in [6, 6.07) is 7.84. The van der Waals surface area contributed by atoms with Crippen molar-refractivity contribution in [1.82, 2.24) is 35.6 Å². The molecule has 0 atom stereocenters. The quantitative estimate of drug-likeness (QED) is 0.189. The zero-order valence-electron chi connectivity index (χ0n) is 36.7. The largest absolute Gasteiger partial charge is 0.495 e. The Morgan fingerprint density at radius 3 is 2.28 bits per heavy atom. The molecule has 15 nitrogen and oxygen atoms in total. The summed E-state index contributed by atoms with van der Waals surface area (Å²) < 4.78 is 45.2. The number of piperidine rings is 3. The molecule has 5 aliphatic rings. The van der Waals surface area contributed by atoms with E-state index in [1.165, 1.54) is 38.0 Å². The van der Waals surface area contributed by atoms with Crippen LogP contribution in [0, 0.1) is 10.8 Å². The van der Waals surface area contributed by atoms with Crippen molar-refractivity contribution in [2.75, 3.05) is 70.9 Å². The van der Waals surface area contributed by atoms with E-state index in [2.05, 4.69) is 30.7 Å². The first-order valence-electron chi connectivity index (χ1n) is 22.0. The fraction of sp³-hybridized carbons (Fsp3) is 0.522. The number of imide groups is 1. The Kier molecular flexibility index (Phi) is 14.0. The van der Waals surface area contributed by atoms with Crippen LogP contribution in [-0.4, -0.2) is 132 Å². The smallest absolute Gasteiger partial charge is 0.433 e. The number of anilines is 1. The fourth-order valence-corrected chi connectivity index (χ4v) is 9.25. The van der Waals surface area contributed by atoms with Crippen molar-refractivity contribution in [3.63, 3.8) is 0 Å². The molecule has 4 aliphatic heterocycles. The molecular formula is C46H58F3N9O6. The Balaban J connectivity index is 0.831. The van der Waals surface area contributed by atoms with Crippen LogP contribution in [-0.2, 0) is 11.0 Å². The monoisotopic (exact) mass is 889 g/mol. The van der Waals surface area contributed by atoms with Crippen molar-refractivity contribution in [2.24, 2.45) is 5.41 Å². The van der Waals surface area contributed by atoms with E-state index in [0.29, 0.717) is 35.7 Å². The number of amides is 5. The molecule has 2 aromatic rings. The summed E-state index contributed by atoms with van der Waals surface area (Å²) in [4.78, 5) is 62.8. The van der Waals surface area contributed by atoms with Gasteiger partial charge in [-0.25, -0.2) is 9.78 Å². The number of hydrogen-bond acceptors (Lipinski definition) is 11. The van der Waals surface area contributed by atoms with E-state index in [1.54, 1.807) is 30.5 Å². The third-order valence-electron chi connectivity index (χ3n) is 13.2. The maximum absolute atomic E-state index is 13.7. The molecule has 1 spiro atoms. The normalized spacial score (nSPS) is 21.1. The highest BCUT2D eigenvalue weighted by Gasteiger charge is 2.39. The molecule has 5 N–H and O–H groups in total. The van der Waals surface area contributed by atoms with Crippen LogP contribution in [0.25, 0.3) is 0 Å². The van der Waals surface area contributed by atoms with E-state index < -0.39 is 35.1 Å². The molecule has 5 heterocycles. The van der Waals surface area contributed by atoms with Gasteiger partial charge in [0.15, 0.2) is 0 Å². The predicted molar refractivity (Wildman–Crippen MR) is 234 cm³/mol. The maximum atomic E-state index is 13.7. The summed E-state index contributed by atoms with van der Waals surface area (Å²) in [5.74, 6) is -0.807. The number of carbonyl (C=O) groups excluding carboxylic acids is 4. The van der Waals surface area contributed by atoms with Gasteiger partial charge >= 0.3 is 12.2 Å². The number of rotatable bonds is 12. The Labute approximate surface area is 371 Å². The molecule has 0 bridgehead atoms. The third-order valence-corrected chi connectivity index (χ3v) is 13.2. The predicted octanol–water partition coefficient (Wildman–Crippen LogP) is 5.25. The third kappa shape index (κ3) is 11.0. The van der Waals surface area contributed by atoms with Crippen molar-refractivity contribution < 1.29 is 42.2 Å². The van der Waals surface area contributed by atoms with Crippen molar-refractivity contribution in [3.05, 3.63) is 88.5 Å². The van der Waals surface area contributed by atoms with Crippen molar-refractivity contribution in [3.8, 4) is 5.75 Å². The number of halogens is 3. The van der Waals surface area contributed by atoms with E-state index in [1.807, 2.05) is 4.90 Å². The molecule has 4 fully saturated rings. The van der Waals surface area contributed by atoms with Crippen LogP contribution in [0.5, 0.6) is 5.75 Å². The van der Waals surface area contributed by atoms with Gasteiger partial charge in [-0.2, -0.15) is 13.2 Å². The van der Waals surface area contributed by atoms with E-state index in [9.17, 15) is 37.5 Å². The van der Waals surface area contributed by atoms with Crippen LogP contribution < -0.4 is 25.6 Å². The topological polar surface area (TPSA) is 184 Å². The summed E-state index contributed by atoms with van der Waals surface area (Å²) in [5.41, 5.74) is -0.879. The zero-order valence-corrected chi connectivity index (χ0v) is 36.7. The second-order valence-corrected chi connectivity index (χ2v) is 18.0. The minimum Gasteiger partial charge on any atom is -0.495 e. The lowest BCUT2D eigenvalue weighted by Gasteiger charge is -2.47. The number of aromatic nitrogens is 1. The van der Waals surface area contributed by atoms with Gasteiger partial charge < -0.3 is 40.6 Å². The Bertz CT molecular complexity index is 2210. The van der Waals surface area contributed by atoms with Crippen LogP contribution in [0.15, 0.2) is 71.6 Å². The number of nitrogens with one attached hydrogen (secondary N) is 4. The molecule has 1 aromatic carbocycles. The maximum Gasteiger partial charge on any atom is 0.433 e. The number of methoxy groups -OCH3 is 1. The van der Waals surface area contributed by atoms with Crippen molar-refractivity contribution in [1.29, 1.82) is 5.41 Å². The Morgan fingerprint density at radius 1 is 0.969 bits per heavy atom. The minimum atomic E-state index is -4.71. The number of pyridine rings is 1. The number of hydrogen-bond donors (Lipinski definition) is 5. The number of ether oxygens (including phenoxy) is 1. The average molecular weight is 890 g/mol. The average Bonchev–Trinajstić information content (AvgIpc) is 3.27. The van der Waals surface area contributed by atoms with Gasteiger partial charge in [0.25, 0.3) is 11.8 Å². The standard InChI is InChI=1S/C46H58F3N9O6/c1-44(2,63)33-28-34(50)31(26-36(33)53-41(60)35-6-4-7-39(52-35)46(47,48)49)29-51-32-10-19-55(20-11-32)17-5-18-56-22-13-45(14-23-56)15-24-57(25-16-45)42(61)30-8-9-38(64-3)37(27-30)58-21-12-40(59)54-43(58)62/h4,6-9,26-29,32,50-51,63H,5,10-25H2,1-3H3,(H,53,60)(H,54,59,62)/b31-29-,50-34?. The van der Waals surface area contributed by atoms with Gasteiger partial charge in [-0.05, 0) is 133 Å². The summed E-state index contributed by atoms with van der Waals surface area (Å²) in [5, 5.41) is 27.8. The molecule has 18 heteroatoms.